The molecule has 0 spiro atoms. The number of carbonyl (C=O) groups excluding carboxylic acids is 2. The molecule has 1 aromatic carbocycles. The van der Waals surface area contributed by atoms with Gasteiger partial charge in [0.25, 0.3) is 5.91 Å². The molecule has 1 aromatic heterocycles. The molecule has 3 N–H and O–H groups in total. The maximum absolute atomic E-state index is 12.6. The number of ketones is 1. The highest BCUT2D eigenvalue weighted by molar-refractivity contribution is 6.07. The summed E-state index contributed by atoms with van der Waals surface area (Å²) in [5.41, 5.74) is 4.29. The van der Waals surface area contributed by atoms with E-state index in [0.29, 0.717) is 29.8 Å². The van der Waals surface area contributed by atoms with Gasteiger partial charge >= 0.3 is 0 Å². The largest absolute Gasteiger partial charge is 0.396 e. The summed E-state index contributed by atoms with van der Waals surface area (Å²) in [7, 11) is 0. The first-order valence-electron chi connectivity index (χ1n) is 8.21. The van der Waals surface area contributed by atoms with E-state index in [9.17, 15) is 9.59 Å². The molecule has 5 heteroatoms. The van der Waals surface area contributed by atoms with Crippen LogP contribution in [0.25, 0.3) is 0 Å². The number of H-pyrrole nitrogens is 1. The van der Waals surface area contributed by atoms with Crippen molar-refractivity contribution in [1.29, 1.82) is 0 Å². The van der Waals surface area contributed by atoms with E-state index in [1.54, 1.807) is 0 Å². The van der Waals surface area contributed by atoms with Crippen molar-refractivity contribution in [2.24, 2.45) is 0 Å². The van der Waals surface area contributed by atoms with Crippen LogP contribution in [0.3, 0.4) is 0 Å². The normalized spacial score (nSPS) is 10.7. The molecule has 5 nitrogen and oxygen atoms in total. The van der Waals surface area contributed by atoms with E-state index in [-0.39, 0.29) is 18.3 Å². The molecule has 0 aliphatic rings. The van der Waals surface area contributed by atoms with Crippen molar-refractivity contribution in [3.63, 3.8) is 0 Å². The van der Waals surface area contributed by atoms with Crippen LogP contribution in [0.15, 0.2) is 24.3 Å². The standard InChI is InChI=1S/C19H24N2O3/c1-4-5-16-17(13(3)23)12(2)20-18(16)19(24)21-15-8-6-14(7-9-15)10-11-22/h6-9,20,22H,4-5,10-11H2,1-3H3,(H,21,24). The Balaban J connectivity index is 2.26. The van der Waals surface area contributed by atoms with Gasteiger partial charge < -0.3 is 15.4 Å². The van der Waals surface area contributed by atoms with Gasteiger partial charge in [-0.3, -0.25) is 9.59 Å². The van der Waals surface area contributed by atoms with Gasteiger partial charge in [-0.05, 0) is 49.9 Å². The smallest absolute Gasteiger partial charge is 0.272 e. The molecule has 0 bridgehead atoms. The number of amides is 1. The highest BCUT2D eigenvalue weighted by Crippen LogP contribution is 2.22. The summed E-state index contributed by atoms with van der Waals surface area (Å²) in [6.45, 7) is 5.46. The van der Waals surface area contributed by atoms with E-state index in [2.05, 4.69) is 10.3 Å². The third-order valence-electron chi connectivity index (χ3n) is 3.98. The average Bonchev–Trinajstić information content (AvgIpc) is 2.86. The number of aliphatic hydroxyl groups excluding tert-OH is 1. The van der Waals surface area contributed by atoms with E-state index in [0.717, 1.165) is 23.2 Å². The Kier molecular flexibility index (Phi) is 5.93. The zero-order chi connectivity index (χ0) is 17.7. The number of rotatable bonds is 7. The lowest BCUT2D eigenvalue weighted by molar-refractivity contribution is 0.101. The summed E-state index contributed by atoms with van der Waals surface area (Å²) in [5, 5.41) is 11.8. The number of aliphatic hydroxyl groups is 1. The first kappa shape index (κ1) is 17.9. The monoisotopic (exact) mass is 328 g/mol. The highest BCUT2D eigenvalue weighted by atomic mass is 16.3. The number of Topliss-reactive ketones (excluding diaryl/α,β-unsaturated/α-hetero) is 1. The van der Waals surface area contributed by atoms with Crippen molar-refractivity contribution in [1.82, 2.24) is 4.98 Å². The fraction of sp³-hybridized carbons (Fsp3) is 0.368. The Morgan fingerprint density at radius 2 is 1.83 bits per heavy atom. The topological polar surface area (TPSA) is 82.2 Å². The zero-order valence-electron chi connectivity index (χ0n) is 14.4. The fourth-order valence-corrected chi connectivity index (χ4v) is 2.92. The fourth-order valence-electron chi connectivity index (χ4n) is 2.92. The van der Waals surface area contributed by atoms with Crippen LogP contribution in [0.5, 0.6) is 0 Å². The first-order valence-corrected chi connectivity index (χ1v) is 8.21. The summed E-state index contributed by atoms with van der Waals surface area (Å²) in [6, 6.07) is 7.37. The van der Waals surface area contributed by atoms with Crippen LogP contribution in [-0.4, -0.2) is 28.4 Å². The zero-order valence-corrected chi connectivity index (χ0v) is 14.4. The maximum atomic E-state index is 12.6. The van der Waals surface area contributed by atoms with Crippen LogP contribution in [0.4, 0.5) is 5.69 Å². The lowest BCUT2D eigenvalue weighted by Crippen LogP contribution is -2.15. The molecule has 128 valence electrons. The van der Waals surface area contributed by atoms with E-state index >= 15 is 0 Å². The van der Waals surface area contributed by atoms with E-state index in [4.69, 9.17) is 5.11 Å². The van der Waals surface area contributed by atoms with Crippen molar-refractivity contribution < 1.29 is 14.7 Å². The predicted octanol–water partition coefficient (Wildman–Crippen LogP) is 3.27. The second-order valence-electron chi connectivity index (χ2n) is 5.91. The van der Waals surface area contributed by atoms with Crippen molar-refractivity contribution in [3.05, 3.63) is 52.3 Å². The van der Waals surface area contributed by atoms with E-state index in [1.807, 2.05) is 38.1 Å². The maximum Gasteiger partial charge on any atom is 0.272 e. The van der Waals surface area contributed by atoms with Gasteiger partial charge in [0, 0.05) is 23.6 Å². The van der Waals surface area contributed by atoms with Gasteiger partial charge in [0.05, 0.1) is 0 Å². The minimum absolute atomic E-state index is 0.0281. The molecule has 0 aliphatic carbocycles. The number of carbonyl (C=O) groups is 2. The first-order chi connectivity index (χ1) is 11.5. The number of aryl methyl sites for hydroxylation is 1. The molecule has 0 saturated carbocycles. The van der Waals surface area contributed by atoms with Gasteiger partial charge in [-0.15, -0.1) is 0 Å². The number of aromatic amines is 1. The SMILES string of the molecule is CCCc1c(C(=O)Nc2ccc(CCO)cc2)[nH]c(C)c1C(C)=O. The number of hydrogen-bond donors (Lipinski definition) is 3. The van der Waals surface area contributed by atoms with E-state index < -0.39 is 0 Å². The minimum Gasteiger partial charge on any atom is -0.396 e. The number of hydrogen-bond acceptors (Lipinski definition) is 3. The summed E-state index contributed by atoms with van der Waals surface area (Å²) in [6.07, 6.45) is 2.12. The Morgan fingerprint density at radius 1 is 1.17 bits per heavy atom. The van der Waals surface area contributed by atoms with Gasteiger partial charge in [0.2, 0.25) is 0 Å². The van der Waals surface area contributed by atoms with Crippen LogP contribution in [-0.2, 0) is 12.8 Å². The Hall–Kier alpha value is -2.40. The molecular weight excluding hydrogens is 304 g/mol. The van der Waals surface area contributed by atoms with Crippen LogP contribution >= 0.6 is 0 Å². The van der Waals surface area contributed by atoms with Crippen LogP contribution in [0.1, 0.15) is 57.9 Å². The molecule has 0 atom stereocenters. The molecule has 1 amide bonds. The molecular formula is C19H24N2O3. The lowest BCUT2D eigenvalue weighted by Gasteiger charge is -2.08. The summed E-state index contributed by atoms with van der Waals surface area (Å²) >= 11 is 0. The Labute approximate surface area is 142 Å². The average molecular weight is 328 g/mol. The molecule has 2 aromatic rings. The molecule has 0 unspecified atom stereocenters. The minimum atomic E-state index is -0.246. The summed E-state index contributed by atoms with van der Waals surface area (Å²) in [5.74, 6) is -0.274. The molecule has 2 rings (SSSR count). The highest BCUT2D eigenvalue weighted by Gasteiger charge is 2.22. The van der Waals surface area contributed by atoms with Crippen molar-refractivity contribution in [2.75, 3.05) is 11.9 Å². The third kappa shape index (κ3) is 3.92. The second kappa shape index (κ2) is 7.93. The predicted molar refractivity (Wildman–Crippen MR) is 94.7 cm³/mol. The summed E-state index contributed by atoms with van der Waals surface area (Å²) < 4.78 is 0. The van der Waals surface area contributed by atoms with Crippen molar-refractivity contribution in [2.45, 2.75) is 40.0 Å². The molecule has 1 heterocycles. The Morgan fingerprint density at radius 3 is 2.38 bits per heavy atom. The molecule has 0 saturated heterocycles. The molecule has 0 aliphatic heterocycles. The second-order valence-corrected chi connectivity index (χ2v) is 5.91. The number of benzene rings is 1. The molecule has 24 heavy (non-hydrogen) atoms. The van der Waals surface area contributed by atoms with Crippen LogP contribution in [0, 0.1) is 6.92 Å². The third-order valence-corrected chi connectivity index (χ3v) is 3.98. The van der Waals surface area contributed by atoms with Crippen molar-refractivity contribution >= 4 is 17.4 Å². The lowest BCUT2D eigenvalue weighted by atomic mass is 10.0. The Bertz CT molecular complexity index is 730. The number of anilines is 1. The van der Waals surface area contributed by atoms with Crippen LogP contribution in [0.2, 0.25) is 0 Å². The quantitative estimate of drug-likeness (QED) is 0.682. The van der Waals surface area contributed by atoms with Gasteiger partial charge in [-0.1, -0.05) is 25.5 Å². The van der Waals surface area contributed by atoms with Gasteiger partial charge in [-0.2, -0.15) is 0 Å². The van der Waals surface area contributed by atoms with Gasteiger partial charge in [-0.25, -0.2) is 0 Å². The number of nitrogens with one attached hydrogen (secondary N) is 2. The number of aromatic nitrogens is 1. The molecule has 0 radical (unpaired) electrons. The summed E-state index contributed by atoms with van der Waals surface area (Å²) in [4.78, 5) is 27.6. The van der Waals surface area contributed by atoms with Gasteiger partial charge in [0.1, 0.15) is 5.69 Å². The van der Waals surface area contributed by atoms with Crippen molar-refractivity contribution in [3.8, 4) is 0 Å². The van der Waals surface area contributed by atoms with Gasteiger partial charge in [0.15, 0.2) is 5.78 Å². The van der Waals surface area contributed by atoms with Crippen LogP contribution < -0.4 is 5.32 Å². The van der Waals surface area contributed by atoms with E-state index in [1.165, 1.54) is 6.92 Å². The molecule has 0 fully saturated rings.